The fourth-order valence-electron chi connectivity index (χ4n) is 3.00. The lowest BCUT2D eigenvalue weighted by molar-refractivity contribution is -0.137. The van der Waals surface area contributed by atoms with E-state index in [0.717, 1.165) is 31.6 Å². The van der Waals surface area contributed by atoms with E-state index in [0.29, 0.717) is 0 Å². The van der Waals surface area contributed by atoms with Crippen molar-refractivity contribution in [2.45, 2.75) is 32.5 Å². The number of rotatable bonds is 6. The molecule has 5 nitrogen and oxygen atoms in total. The number of nitrogens with one attached hydrogen (secondary N) is 1. The number of halogens is 3. The normalized spacial score (nSPS) is 20.6. The molecule has 146 valence electrons. The Balaban J connectivity index is 1.71. The maximum atomic E-state index is 12.6. The molecule has 0 aromatic heterocycles. The van der Waals surface area contributed by atoms with Crippen LogP contribution in [0.25, 0.3) is 0 Å². The summed E-state index contributed by atoms with van der Waals surface area (Å²) in [6, 6.07) is 4.81. The summed E-state index contributed by atoms with van der Waals surface area (Å²) in [6.45, 7) is 6.31. The van der Waals surface area contributed by atoms with Crippen LogP contribution in [0.2, 0.25) is 0 Å². The Morgan fingerprint density at radius 2 is 2.15 bits per heavy atom. The number of ether oxygens (including phenoxy) is 1. The van der Waals surface area contributed by atoms with Gasteiger partial charge in [-0.3, -0.25) is 9.69 Å². The van der Waals surface area contributed by atoms with E-state index < -0.39 is 11.7 Å². The predicted molar refractivity (Wildman–Crippen MR) is 92.8 cm³/mol. The average Bonchev–Trinajstić information content (AvgIpc) is 2.54. The average molecular weight is 373 g/mol. The van der Waals surface area contributed by atoms with Crippen molar-refractivity contribution < 1.29 is 22.7 Å². The molecule has 1 aliphatic heterocycles. The molecule has 0 spiro atoms. The van der Waals surface area contributed by atoms with Gasteiger partial charge in [-0.05, 0) is 30.0 Å². The lowest BCUT2D eigenvalue weighted by Gasteiger charge is -2.42. The van der Waals surface area contributed by atoms with Crippen LogP contribution in [0.1, 0.15) is 25.8 Å². The molecule has 1 atom stereocenters. The number of hydrogen-bond donors (Lipinski definition) is 2. The zero-order chi connectivity index (χ0) is 19.4. The van der Waals surface area contributed by atoms with Crippen molar-refractivity contribution in [1.82, 2.24) is 10.2 Å². The van der Waals surface area contributed by atoms with Crippen LogP contribution >= 0.6 is 0 Å². The van der Waals surface area contributed by atoms with E-state index in [1.54, 1.807) is 0 Å². The van der Waals surface area contributed by atoms with Crippen LogP contribution in [0, 0.1) is 5.41 Å². The first-order valence-corrected chi connectivity index (χ1v) is 8.62. The van der Waals surface area contributed by atoms with Gasteiger partial charge in [0.1, 0.15) is 12.4 Å². The van der Waals surface area contributed by atoms with Gasteiger partial charge in [0.2, 0.25) is 5.91 Å². The fourth-order valence-corrected chi connectivity index (χ4v) is 3.00. The highest BCUT2D eigenvalue weighted by molar-refractivity contribution is 5.78. The standard InChI is InChI=1S/C18H26F3N3O2/c1-17(2)12-24(8-6-15(17)22)11-16(25)23-7-9-26-14-5-3-4-13(10-14)18(19,20)21/h3-5,10,15H,6-9,11-12,22H2,1-2H3,(H,23,25). The van der Waals surface area contributed by atoms with Crippen LogP contribution in [0.5, 0.6) is 5.75 Å². The summed E-state index contributed by atoms with van der Waals surface area (Å²) >= 11 is 0. The monoisotopic (exact) mass is 373 g/mol. The predicted octanol–water partition coefficient (Wildman–Crippen LogP) is 2.26. The molecule has 0 radical (unpaired) electrons. The first-order valence-electron chi connectivity index (χ1n) is 8.62. The van der Waals surface area contributed by atoms with E-state index in [1.165, 1.54) is 12.1 Å². The summed E-state index contributed by atoms with van der Waals surface area (Å²) in [4.78, 5) is 14.1. The molecule has 8 heteroatoms. The molecule has 2 rings (SSSR count). The van der Waals surface area contributed by atoms with E-state index in [-0.39, 0.29) is 42.8 Å². The lowest BCUT2D eigenvalue weighted by Crippen LogP contribution is -2.54. The molecule has 1 saturated heterocycles. The third-order valence-electron chi connectivity index (χ3n) is 4.61. The van der Waals surface area contributed by atoms with Gasteiger partial charge in [0.15, 0.2) is 0 Å². The number of alkyl halides is 3. The Morgan fingerprint density at radius 3 is 2.81 bits per heavy atom. The van der Waals surface area contributed by atoms with Gasteiger partial charge in [0, 0.05) is 19.1 Å². The fraction of sp³-hybridized carbons (Fsp3) is 0.611. The molecule has 1 aromatic rings. The first-order chi connectivity index (χ1) is 12.1. The highest BCUT2D eigenvalue weighted by atomic mass is 19.4. The number of amides is 1. The minimum absolute atomic E-state index is 0.0366. The minimum atomic E-state index is -4.40. The van der Waals surface area contributed by atoms with Gasteiger partial charge in [-0.15, -0.1) is 0 Å². The topological polar surface area (TPSA) is 67.6 Å². The van der Waals surface area contributed by atoms with Crippen molar-refractivity contribution in [3.05, 3.63) is 29.8 Å². The second kappa shape index (κ2) is 8.26. The summed E-state index contributed by atoms with van der Waals surface area (Å²) in [5, 5.41) is 2.72. The maximum absolute atomic E-state index is 12.6. The Kier molecular flexibility index (Phi) is 6.52. The molecule has 3 N–H and O–H groups in total. The molecule has 0 saturated carbocycles. The van der Waals surface area contributed by atoms with Crippen molar-refractivity contribution in [2.75, 3.05) is 32.8 Å². The molecule has 26 heavy (non-hydrogen) atoms. The molecular weight excluding hydrogens is 347 g/mol. The van der Waals surface area contributed by atoms with Crippen LogP contribution in [0.4, 0.5) is 13.2 Å². The zero-order valence-corrected chi connectivity index (χ0v) is 15.1. The molecule has 1 heterocycles. The maximum Gasteiger partial charge on any atom is 0.416 e. The van der Waals surface area contributed by atoms with Crippen molar-refractivity contribution in [1.29, 1.82) is 0 Å². The second-order valence-corrected chi connectivity index (χ2v) is 7.32. The van der Waals surface area contributed by atoms with Crippen LogP contribution in [-0.4, -0.2) is 49.6 Å². The van der Waals surface area contributed by atoms with Crippen molar-refractivity contribution in [3.8, 4) is 5.75 Å². The Hall–Kier alpha value is -1.80. The molecule has 1 unspecified atom stereocenters. The molecule has 1 aromatic carbocycles. The van der Waals surface area contributed by atoms with Gasteiger partial charge >= 0.3 is 6.18 Å². The molecule has 1 fully saturated rings. The summed E-state index contributed by atoms with van der Waals surface area (Å²) in [7, 11) is 0. The Morgan fingerprint density at radius 1 is 1.42 bits per heavy atom. The second-order valence-electron chi connectivity index (χ2n) is 7.32. The minimum Gasteiger partial charge on any atom is -0.492 e. The first kappa shape index (κ1) is 20.5. The van der Waals surface area contributed by atoms with E-state index in [2.05, 4.69) is 24.1 Å². The third kappa shape index (κ3) is 5.88. The van der Waals surface area contributed by atoms with Crippen LogP contribution in [0.3, 0.4) is 0 Å². The number of hydrogen-bond acceptors (Lipinski definition) is 4. The highest BCUT2D eigenvalue weighted by Crippen LogP contribution is 2.31. The number of nitrogens with two attached hydrogens (primary N) is 1. The van der Waals surface area contributed by atoms with E-state index in [9.17, 15) is 18.0 Å². The number of benzene rings is 1. The van der Waals surface area contributed by atoms with Crippen molar-refractivity contribution in [2.24, 2.45) is 11.1 Å². The summed E-state index contributed by atoms with van der Waals surface area (Å²) in [5.41, 5.74) is 5.29. The smallest absolute Gasteiger partial charge is 0.416 e. The summed E-state index contributed by atoms with van der Waals surface area (Å²) in [5.74, 6) is -0.00949. The van der Waals surface area contributed by atoms with Crippen LogP contribution in [-0.2, 0) is 11.0 Å². The van der Waals surface area contributed by atoms with Gasteiger partial charge in [-0.1, -0.05) is 19.9 Å². The summed E-state index contributed by atoms with van der Waals surface area (Å²) < 4.78 is 43.2. The van der Waals surface area contributed by atoms with Gasteiger partial charge in [0.25, 0.3) is 0 Å². The van der Waals surface area contributed by atoms with E-state index >= 15 is 0 Å². The molecule has 0 aliphatic carbocycles. The van der Waals surface area contributed by atoms with Crippen LogP contribution in [0.15, 0.2) is 24.3 Å². The molecule has 1 amide bonds. The lowest BCUT2D eigenvalue weighted by atomic mass is 9.80. The number of carbonyl (C=O) groups is 1. The van der Waals surface area contributed by atoms with E-state index in [1.807, 2.05) is 0 Å². The van der Waals surface area contributed by atoms with Gasteiger partial charge < -0.3 is 15.8 Å². The number of carbonyl (C=O) groups excluding carboxylic acids is 1. The summed E-state index contributed by atoms with van der Waals surface area (Å²) in [6.07, 6.45) is -3.56. The van der Waals surface area contributed by atoms with Crippen molar-refractivity contribution >= 4 is 5.91 Å². The third-order valence-corrected chi connectivity index (χ3v) is 4.61. The highest BCUT2D eigenvalue weighted by Gasteiger charge is 2.34. The quantitative estimate of drug-likeness (QED) is 0.751. The molecule has 0 bridgehead atoms. The molecular formula is C18H26F3N3O2. The van der Waals surface area contributed by atoms with Gasteiger partial charge in [-0.25, -0.2) is 0 Å². The molecule has 1 aliphatic rings. The zero-order valence-electron chi connectivity index (χ0n) is 15.1. The van der Waals surface area contributed by atoms with Crippen molar-refractivity contribution in [3.63, 3.8) is 0 Å². The number of nitrogens with zero attached hydrogens (tertiary/aromatic N) is 1. The largest absolute Gasteiger partial charge is 0.492 e. The van der Waals surface area contributed by atoms with E-state index in [4.69, 9.17) is 10.5 Å². The Labute approximate surface area is 151 Å². The number of piperidine rings is 1. The van der Waals surface area contributed by atoms with Gasteiger partial charge in [-0.2, -0.15) is 13.2 Å². The number of likely N-dealkylation sites (tertiary alicyclic amines) is 1. The van der Waals surface area contributed by atoms with Crippen LogP contribution < -0.4 is 15.8 Å². The SMILES string of the molecule is CC1(C)CN(CC(=O)NCCOc2cccc(C(F)(F)F)c2)CCC1N. The Bertz CT molecular complexity index is 620. The van der Waals surface area contributed by atoms with Gasteiger partial charge in [0.05, 0.1) is 18.7 Å².